The summed E-state index contributed by atoms with van der Waals surface area (Å²) in [6.45, 7) is 2.18. The Morgan fingerprint density at radius 2 is 2.13 bits per heavy atom. The molecule has 2 heterocycles. The second-order valence-corrected chi connectivity index (χ2v) is 5.15. The number of nitrogens with zero attached hydrogens (tertiary/aromatic N) is 5. The average Bonchev–Trinajstić information content (AvgIpc) is 2.96. The summed E-state index contributed by atoms with van der Waals surface area (Å²) in [5.41, 5.74) is 3.46. The van der Waals surface area contributed by atoms with Crippen molar-refractivity contribution in [3.05, 3.63) is 41.1 Å². The summed E-state index contributed by atoms with van der Waals surface area (Å²) in [5.74, 6) is -0.0646. The first-order valence-electron chi connectivity index (χ1n) is 6.93. The minimum atomic E-state index is -0.267. The van der Waals surface area contributed by atoms with Gasteiger partial charge in [0, 0.05) is 18.1 Å². The minimum Gasteiger partial charge on any atom is -0.300 e. The molecule has 7 nitrogen and oxygen atoms in total. The van der Waals surface area contributed by atoms with Gasteiger partial charge in [-0.3, -0.25) is 10.1 Å². The molecular formula is C16H12N6O. The van der Waals surface area contributed by atoms with E-state index >= 15 is 0 Å². The van der Waals surface area contributed by atoms with Crippen LogP contribution in [0.25, 0.3) is 11.3 Å². The number of nitriles is 2. The molecule has 0 atom stereocenters. The van der Waals surface area contributed by atoms with Crippen LogP contribution >= 0.6 is 0 Å². The molecule has 1 aliphatic heterocycles. The van der Waals surface area contributed by atoms with Crippen molar-refractivity contribution in [3.8, 4) is 23.5 Å². The molecule has 1 amide bonds. The van der Waals surface area contributed by atoms with Crippen molar-refractivity contribution in [2.75, 3.05) is 5.32 Å². The SMILES string of the molecule is CC(=O)Nc1nc2c(c(-c3cccc(C#N)c3)n1)CN(C#N)C2. The summed E-state index contributed by atoms with van der Waals surface area (Å²) in [7, 11) is 0. The molecule has 1 aromatic carbocycles. The molecule has 3 rings (SSSR count). The zero-order chi connectivity index (χ0) is 16.4. The van der Waals surface area contributed by atoms with Crippen molar-refractivity contribution in [1.29, 1.82) is 10.5 Å². The molecule has 0 fully saturated rings. The van der Waals surface area contributed by atoms with Crippen molar-refractivity contribution < 1.29 is 4.79 Å². The van der Waals surface area contributed by atoms with Gasteiger partial charge in [-0.05, 0) is 12.1 Å². The quantitative estimate of drug-likeness (QED) is 0.847. The second-order valence-electron chi connectivity index (χ2n) is 5.15. The van der Waals surface area contributed by atoms with Crippen LogP contribution in [0.15, 0.2) is 24.3 Å². The molecule has 0 spiro atoms. The normalized spacial score (nSPS) is 12.2. The van der Waals surface area contributed by atoms with Crippen LogP contribution in [0.3, 0.4) is 0 Å². The largest absolute Gasteiger partial charge is 0.300 e. The van der Waals surface area contributed by atoms with E-state index in [0.29, 0.717) is 30.0 Å². The van der Waals surface area contributed by atoms with Crippen molar-refractivity contribution in [3.63, 3.8) is 0 Å². The van der Waals surface area contributed by atoms with E-state index in [1.54, 1.807) is 23.1 Å². The number of hydrogen-bond donors (Lipinski definition) is 1. The Kier molecular flexibility index (Phi) is 3.62. The molecule has 0 saturated carbocycles. The molecular weight excluding hydrogens is 292 g/mol. The van der Waals surface area contributed by atoms with Crippen molar-refractivity contribution in [2.24, 2.45) is 0 Å². The molecule has 0 unspecified atom stereocenters. The first-order chi connectivity index (χ1) is 11.1. The molecule has 0 aliphatic carbocycles. The van der Waals surface area contributed by atoms with Crippen LogP contribution in [0.4, 0.5) is 5.95 Å². The van der Waals surface area contributed by atoms with Crippen LogP contribution in [0.1, 0.15) is 23.7 Å². The maximum atomic E-state index is 11.3. The monoisotopic (exact) mass is 304 g/mol. The van der Waals surface area contributed by atoms with E-state index in [1.165, 1.54) is 6.92 Å². The first-order valence-corrected chi connectivity index (χ1v) is 6.93. The van der Waals surface area contributed by atoms with Crippen LogP contribution in [-0.4, -0.2) is 20.8 Å². The fraction of sp³-hybridized carbons (Fsp3) is 0.188. The van der Waals surface area contributed by atoms with Gasteiger partial charge in [0.2, 0.25) is 11.9 Å². The number of carbonyl (C=O) groups excluding carboxylic acids is 1. The Labute approximate surface area is 132 Å². The van der Waals surface area contributed by atoms with Crippen LogP contribution in [0.5, 0.6) is 0 Å². The lowest BCUT2D eigenvalue weighted by atomic mass is 10.0. The van der Waals surface area contributed by atoms with Crippen LogP contribution in [0.2, 0.25) is 0 Å². The molecule has 1 aliphatic rings. The lowest BCUT2D eigenvalue weighted by molar-refractivity contribution is -0.114. The smallest absolute Gasteiger partial charge is 0.230 e. The molecule has 0 radical (unpaired) electrons. The van der Waals surface area contributed by atoms with E-state index in [9.17, 15) is 4.79 Å². The molecule has 112 valence electrons. The third kappa shape index (κ3) is 2.81. The molecule has 2 aromatic rings. The second kappa shape index (κ2) is 5.74. The molecule has 1 N–H and O–H groups in total. The summed E-state index contributed by atoms with van der Waals surface area (Å²) in [5, 5.41) is 20.8. The molecule has 1 aromatic heterocycles. The summed E-state index contributed by atoms with van der Waals surface area (Å²) >= 11 is 0. The highest BCUT2D eigenvalue weighted by Gasteiger charge is 2.25. The predicted octanol–water partition coefficient (Wildman–Crippen LogP) is 1.77. The van der Waals surface area contributed by atoms with Gasteiger partial charge in [0.1, 0.15) is 0 Å². The number of benzene rings is 1. The van der Waals surface area contributed by atoms with E-state index in [0.717, 1.165) is 11.1 Å². The Bertz CT molecular complexity index is 877. The predicted molar refractivity (Wildman–Crippen MR) is 81.3 cm³/mol. The topological polar surface area (TPSA) is 106 Å². The van der Waals surface area contributed by atoms with Gasteiger partial charge >= 0.3 is 0 Å². The van der Waals surface area contributed by atoms with Crippen LogP contribution < -0.4 is 5.32 Å². The Morgan fingerprint density at radius 1 is 1.30 bits per heavy atom. The number of hydrogen-bond acceptors (Lipinski definition) is 6. The number of anilines is 1. The molecule has 0 saturated heterocycles. The summed E-state index contributed by atoms with van der Waals surface area (Å²) in [6, 6.07) is 9.16. The number of nitrogens with one attached hydrogen (secondary N) is 1. The average molecular weight is 304 g/mol. The third-order valence-corrected chi connectivity index (χ3v) is 3.48. The fourth-order valence-corrected chi connectivity index (χ4v) is 2.51. The van der Waals surface area contributed by atoms with Crippen molar-refractivity contribution in [1.82, 2.24) is 14.9 Å². The van der Waals surface area contributed by atoms with E-state index < -0.39 is 0 Å². The highest BCUT2D eigenvalue weighted by Crippen LogP contribution is 2.31. The van der Waals surface area contributed by atoms with E-state index in [1.807, 2.05) is 6.07 Å². The standard InChI is InChI=1S/C16H12N6O/c1-10(23)19-16-20-14-8-22(9-18)7-13(14)15(21-16)12-4-2-3-11(5-12)6-17/h2-5H,7-8H2,1H3,(H,19,20,21,23). The molecule has 7 heteroatoms. The van der Waals surface area contributed by atoms with E-state index in [4.69, 9.17) is 10.5 Å². The Morgan fingerprint density at radius 3 is 2.83 bits per heavy atom. The molecule has 0 bridgehead atoms. The van der Waals surface area contributed by atoms with E-state index in [2.05, 4.69) is 27.5 Å². The Balaban J connectivity index is 2.15. The Hall–Kier alpha value is -3.45. The lowest BCUT2D eigenvalue weighted by Gasteiger charge is -2.10. The van der Waals surface area contributed by atoms with Crippen molar-refractivity contribution in [2.45, 2.75) is 20.0 Å². The third-order valence-electron chi connectivity index (χ3n) is 3.48. The number of rotatable bonds is 2. The minimum absolute atomic E-state index is 0.202. The van der Waals surface area contributed by atoms with Gasteiger partial charge < -0.3 is 4.90 Å². The van der Waals surface area contributed by atoms with Crippen LogP contribution in [0, 0.1) is 22.8 Å². The zero-order valence-corrected chi connectivity index (χ0v) is 12.4. The van der Waals surface area contributed by atoms with Gasteiger partial charge in [0.05, 0.1) is 36.1 Å². The van der Waals surface area contributed by atoms with Gasteiger partial charge in [-0.1, -0.05) is 12.1 Å². The number of fused-ring (bicyclic) bond motifs is 1. The number of carbonyl (C=O) groups is 1. The van der Waals surface area contributed by atoms with Gasteiger partial charge in [0.25, 0.3) is 0 Å². The summed E-state index contributed by atoms with van der Waals surface area (Å²) < 4.78 is 0. The van der Waals surface area contributed by atoms with Gasteiger partial charge in [-0.2, -0.15) is 10.5 Å². The van der Waals surface area contributed by atoms with Gasteiger partial charge in [-0.15, -0.1) is 0 Å². The summed E-state index contributed by atoms with van der Waals surface area (Å²) in [6.07, 6.45) is 2.10. The number of amides is 1. The first kappa shape index (κ1) is 14.5. The number of aromatic nitrogens is 2. The van der Waals surface area contributed by atoms with Gasteiger partial charge in [0.15, 0.2) is 6.19 Å². The maximum Gasteiger partial charge on any atom is 0.230 e. The highest BCUT2D eigenvalue weighted by molar-refractivity contribution is 5.87. The maximum absolute atomic E-state index is 11.3. The lowest BCUT2D eigenvalue weighted by Crippen LogP contribution is -2.11. The highest BCUT2D eigenvalue weighted by atomic mass is 16.1. The van der Waals surface area contributed by atoms with Crippen molar-refractivity contribution >= 4 is 11.9 Å². The summed E-state index contributed by atoms with van der Waals surface area (Å²) in [4.78, 5) is 21.6. The van der Waals surface area contributed by atoms with Crippen LogP contribution in [-0.2, 0) is 17.9 Å². The van der Waals surface area contributed by atoms with E-state index in [-0.39, 0.29) is 11.9 Å². The molecule has 23 heavy (non-hydrogen) atoms. The van der Waals surface area contributed by atoms with Gasteiger partial charge in [-0.25, -0.2) is 9.97 Å². The zero-order valence-electron chi connectivity index (χ0n) is 12.4. The fourth-order valence-electron chi connectivity index (χ4n) is 2.51.